The summed E-state index contributed by atoms with van der Waals surface area (Å²) in [5.74, 6) is 1.60. The molecule has 2 aromatic rings. The topological polar surface area (TPSA) is 16.1 Å². The van der Waals surface area contributed by atoms with Crippen molar-refractivity contribution in [3.63, 3.8) is 0 Å². The van der Waals surface area contributed by atoms with E-state index in [4.69, 9.17) is 0 Å². The van der Waals surface area contributed by atoms with Crippen LogP contribution in [0, 0.1) is 0 Å². The van der Waals surface area contributed by atoms with Crippen LogP contribution in [0.15, 0.2) is 30.5 Å². The SMILES string of the molecule is CC(C)c1ccc2ccnc(N(C)C)c2c1. The predicted octanol–water partition coefficient (Wildman–Crippen LogP) is 3.42. The van der Waals surface area contributed by atoms with Crippen molar-refractivity contribution in [2.45, 2.75) is 19.8 Å². The molecule has 0 aliphatic rings. The van der Waals surface area contributed by atoms with Gasteiger partial charge in [-0.2, -0.15) is 0 Å². The molecule has 0 radical (unpaired) electrons. The van der Waals surface area contributed by atoms with Crippen LogP contribution in [0.3, 0.4) is 0 Å². The van der Waals surface area contributed by atoms with E-state index >= 15 is 0 Å². The smallest absolute Gasteiger partial charge is 0.135 e. The first kappa shape index (κ1) is 10.9. The number of hydrogen-bond acceptors (Lipinski definition) is 2. The van der Waals surface area contributed by atoms with Gasteiger partial charge in [0.2, 0.25) is 0 Å². The monoisotopic (exact) mass is 214 g/mol. The summed E-state index contributed by atoms with van der Waals surface area (Å²) in [7, 11) is 4.06. The quantitative estimate of drug-likeness (QED) is 0.761. The minimum Gasteiger partial charge on any atom is -0.362 e. The summed E-state index contributed by atoms with van der Waals surface area (Å²) < 4.78 is 0. The van der Waals surface area contributed by atoms with Crippen molar-refractivity contribution in [2.75, 3.05) is 19.0 Å². The fourth-order valence-corrected chi connectivity index (χ4v) is 1.89. The average Bonchev–Trinajstić information content (AvgIpc) is 2.27. The molecule has 0 N–H and O–H groups in total. The Bertz CT molecular complexity index is 501. The first-order valence-electron chi connectivity index (χ1n) is 5.65. The molecule has 0 unspecified atom stereocenters. The molecule has 1 aromatic carbocycles. The van der Waals surface area contributed by atoms with E-state index < -0.39 is 0 Å². The highest BCUT2D eigenvalue weighted by atomic mass is 15.1. The summed E-state index contributed by atoms with van der Waals surface area (Å²) in [5.41, 5.74) is 1.36. The number of benzene rings is 1. The zero-order valence-corrected chi connectivity index (χ0v) is 10.4. The molecule has 16 heavy (non-hydrogen) atoms. The van der Waals surface area contributed by atoms with Gasteiger partial charge >= 0.3 is 0 Å². The van der Waals surface area contributed by atoms with Crippen molar-refractivity contribution in [3.8, 4) is 0 Å². The minimum atomic E-state index is 0.555. The molecule has 0 saturated carbocycles. The first-order chi connectivity index (χ1) is 7.59. The molecule has 2 nitrogen and oxygen atoms in total. The van der Waals surface area contributed by atoms with Gasteiger partial charge in [-0.1, -0.05) is 26.0 Å². The highest BCUT2D eigenvalue weighted by molar-refractivity contribution is 5.92. The highest BCUT2D eigenvalue weighted by Crippen LogP contribution is 2.26. The van der Waals surface area contributed by atoms with Crippen LogP contribution in [0.1, 0.15) is 25.3 Å². The van der Waals surface area contributed by atoms with Gasteiger partial charge in [0.1, 0.15) is 5.82 Å². The molecular formula is C14H18N2. The predicted molar refractivity (Wildman–Crippen MR) is 70.2 cm³/mol. The van der Waals surface area contributed by atoms with Gasteiger partial charge in [0.15, 0.2) is 0 Å². The maximum Gasteiger partial charge on any atom is 0.135 e. The molecule has 1 heterocycles. The Kier molecular flexibility index (Phi) is 2.82. The van der Waals surface area contributed by atoms with E-state index in [0.717, 1.165) is 5.82 Å². The number of anilines is 1. The lowest BCUT2D eigenvalue weighted by Gasteiger charge is -2.15. The number of rotatable bonds is 2. The number of fused-ring (bicyclic) bond motifs is 1. The van der Waals surface area contributed by atoms with Crippen molar-refractivity contribution in [2.24, 2.45) is 0 Å². The van der Waals surface area contributed by atoms with Gasteiger partial charge in [0.05, 0.1) is 0 Å². The summed E-state index contributed by atoms with van der Waals surface area (Å²) in [5, 5.41) is 2.49. The van der Waals surface area contributed by atoms with Gasteiger partial charge in [0.25, 0.3) is 0 Å². The minimum absolute atomic E-state index is 0.555. The van der Waals surface area contributed by atoms with E-state index in [1.807, 2.05) is 20.3 Å². The Labute approximate surface area is 96.9 Å². The molecule has 0 atom stereocenters. The van der Waals surface area contributed by atoms with Crippen LogP contribution in [-0.2, 0) is 0 Å². The molecule has 0 fully saturated rings. The lowest BCUT2D eigenvalue weighted by Crippen LogP contribution is -2.10. The van der Waals surface area contributed by atoms with Crippen molar-refractivity contribution in [1.29, 1.82) is 0 Å². The van der Waals surface area contributed by atoms with Crippen LogP contribution < -0.4 is 4.90 Å². The Morgan fingerprint density at radius 2 is 1.88 bits per heavy atom. The zero-order valence-electron chi connectivity index (χ0n) is 10.4. The fraction of sp³-hybridized carbons (Fsp3) is 0.357. The number of aromatic nitrogens is 1. The Hall–Kier alpha value is -1.57. The molecule has 0 aliphatic carbocycles. The van der Waals surface area contributed by atoms with Crippen molar-refractivity contribution >= 4 is 16.6 Å². The maximum absolute atomic E-state index is 4.43. The second-order valence-electron chi connectivity index (χ2n) is 4.66. The summed E-state index contributed by atoms with van der Waals surface area (Å²) in [4.78, 5) is 6.49. The van der Waals surface area contributed by atoms with Gasteiger partial charge in [0, 0.05) is 25.7 Å². The summed E-state index contributed by atoms with van der Waals surface area (Å²) >= 11 is 0. The van der Waals surface area contributed by atoms with E-state index in [9.17, 15) is 0 Å². The first-order valence-corrected chi connectivity index (χ1v) is 5.65. The van der Waals surface area contributed by atoms with Crippen LogP contribution in [-0.4, -0.2) is 19.1 Å². The molecule has 0 spiro atoms. The third kappa shape index (κ3) is 1.87. The normalized spacial score (nSPS) is 11.1. The van der Waals surface area contributed by atoms with Crippen LogP contribution in [0.5, 0.6) is 0 Å². The Morgan fingerprint density at radius 3 is 2.50 bits per heavy atom. The lowest BCUT2D eigenvalue weighted by molar-refractivity contribution is 0.868. The van der Waals surface area contributed by atoms with Crippen molar-refractivity contribution in [3.05, 3.63) is 36.0 Å². The second kappa shape index (κ2) is 4.12. The van der Waals surface area contributed by atoms with Gasteiger partial charge < -0.3 is 4.90 Å². The third-order valence-electron chi connectivity index (χ3n) is 2.86. The van der Waals surface area contributed by atoms with Gasteiger partial charge in [-0.05, 0) is 29.0 Å². The van der Waals surface area contributed by atoms with Crippen LogP contribution in [0.25, 0.3) is 10.8 Å². The summed E-state index contributed by atoms with van der Waals surface area (Å²) in [6.45, 7) is 4.43. The van der Waals surface area contributed by atoms with E-state index in [1.54, 1.807) is 0 Å². The highest BCUT2D eigenvalue weighted by Gasteiger charge is 2.06. The van der Waals surface area contributed by atoms with E-state index in [0.29, 0.717) is 5.92 Å². The van der Waals surface area contributed by atoms with Crippen LogP contribution in [0.4, 0.5) is 5.82 Å². The molecule has 1 aromatic heterocycles. The van der Waals surface area contributed by atoms with E-state index in [-0.39, 0.29) is 0 Å². The third-order valence-corrected chi connectivity index (χ3v) is 2.86. The number of pyridine rings is 1. The van der Waals surface area contributed by atoms with E-state index in [1.165, 1.54) is 16.3 Å². The van der Waals surface area contributed by atoms with Crippen molar-refractivity contribution in [1.82, 2.24) is 4.98 Å². The molecule has 84 valence electrons. The number of hydrogen-bond donors (Lipinski definition) is 0. The average molecular weight is 214 g/mol. The standard InChI is InChI=1S/C14H18N2/c1-10(2)12-6-5-11-7-8-15-14(16(3)4)13(11)9-12/h5-10H,1-4H3. The molecule has 0 saturated heterocycles. The van der Waals surface area contributed by atoms with Gasteiger partial charge in [-0.3, -0.25) is 0 Å². The molecular weight excluding hydrogens is 196 g/mol. The molecule has 0 amide bonds. The van der Waals surface area contributed by atoms with Crippen LogP contribution in [0.2, 0.25) is 0 Å². The largest absolute Gasteiger partial charge is 0.362 e. The van der Waals surface area contributed by atoms with Crippen LogP contribution >= 0.6 is 0 Å². The van der Waals surface area contributed by atoms with Gasteiger partial charge in [-0.15, -0.1) is 0 Å². The second-order valence-corrected chi connectivity index (χ2v) is 4.66. The van der Waals surface area contributed by atoms with Gasteiger partial charge in [-0.25, -0.2) is 4.98 Å². The van der Waals surface area contributed by atoms with Crippen molar-refractivity contribution < 1.29 is 0 Å². The maximum atomic E-state index is 4.43. The molecule has 2 rings (SSSR count). The lowest BCUT2D eigenvalue weighted by atomic mass is 10.00. The molecule has 0 bridgehead atoms. The zero-order chi connectivity index (χ0) is 11.7. The fourth-order valence-electron chi connectivity index (χ4n) is 1.89. The summed E-state index contributed by atoms with van der Waals surface area (Å²) in [6.07, 6.45) is 1.87. The molecule has 0 aliphatic heterocycles. The Balaban J connectivity index is 2.68. The summed E-state index contributed by atoms with van der Waals surface area (Å²) in [6, 6.07) is 8.70. The Morgan fingerprint density at radius 1 is 1.12 bits per heavy atom. The number of nitrogens with zero attached hydrogens (tertiary/aromatic N) is 2. The van der Waals surface area contributed by atoms with E-state index in [2.05, 4.69) is 48.0 Å². The molecule has 2 heteroatoms.